The van der Waals surface area contributed by atoms with Gasteiger partial charge in [-0.1, -0.05) is 30.0 Å². The molecule has 0 bridgehead atoms. The largest absolute Gasteiger partial charge is 0.463 e. The summed E-state index contributed by atoms with van der Waals surface area (Å²) in [6.07, 6.45) is 1.41. The van der Waals surface area contributed by atoms with Crippen LogP contribution in [-0.4, -0.2) is 47.6 Å². The molecule has 1 aromatic carbocycles. The van der Waals surface area contributed by atoms with Gasteiger partial charge in [-0.05, 0) is 26.0 Å². The molecule has 1 heterocycles. The van der Waals surface area contributed by atoms with Gasteiger partial charge in [0.1, 0.15) is 6.54 Å². The third kappa shape index (κ3) is 5.34. The average Bonchev–Trinajstić information content (AvgIpc) is 2.90. The lowest BCUT2D eigenvalue weighted by Gasteiger charge is -2.25. The van der Waals surface area contributed by atoms with Gasteiger partial charge in [0.2, 0.25) is 11.8 Å². The fourth-order valence-corrected chi connectivity index (χ4v) is 3.60. The molecule has 1 aromatic rings. The molecule has 8 heteroatoms. The van der Waals surface area contributed by atoms with Crippen LogP contribution < -0.4 is 4.90 Å². The van der Waals surface area contributed by atoms with Crippen LogP contribution in [0, 0.1) is 11.3 Å². The number of nitriles is 1. The number of thioether (sulfide) groups is 1. The van der Waals surface area contributed by atoms with Crippen LogP contribution in [0.25, 0.3) is 0 Å². The van der Waals surface area contributed by atoms with E-state index in [1.54, 1.807) is 38.1 Å². The minimum atomic E-state index is -0.552. The van der Waals surface area contributed by atoms with Crippen molar-refractivity contribution >= 4 is 35.2 Å². The molecule has 0 saturated carbocycles. The molecule has 0 aromatic heterocycles. The molecule has 142 valence electrons. The zero-order chi connectivity index (χ0) is 19.8. The van der Waals surface area contributed by atoms with Gasteiger partial charge in [-0.3, -0.25) is 14.5 Å². The van der Waals surface area contributed by atoms with Crippen molar-refractivity contribution in [1.29, 1.82) is 5.26 Å². The highest BCUT2D eigenvalue weighted by Crippen LogP contribution is 2.34. The number of rotatable bonds is 7. The van der Waals surface area contributed by atoms with E-state index < -0.39 is 5.97 Å². The second-order valence-electron chi connectivity index (χ2n) is 5.71. The van der Waals surface area contributed by atoms with Gasteiger partial charge in [-0.15, -0.1) is 0 Å². The first-order chi connectivity index (χ1) is 13.0. The van der Waals surface area contributed by atoms with Crippen LogP contribution in [-0.2, 0) is 19.1 Å². The zero-order valence-corrected chi connectivity index (χ0v) is 16.1. The molecule has 0 unspecified atom stereocenters. The third-order valence-corrected chi connectivity index (χ3v) is 4.95. The van der Waals surface area contributed by atoms with E-state index in [9.17, 15) is 14.4 Å². The lowest BCUT2D eigenvalue weighted by molar-refractivity contribution is -0.137. The van der Waals surface area contributed by atoms with Crippen molar-refractivity contribution in [3.8, 4) is 6.07 Å². The van der Waals surface area contributed by atoms with E-state index in [0.29, 0.717) is 10.7 Å². The van der Waals surface area contributed by atoms with E-state index in [0.717, 1.165) is 0 Å². The Balaban J connectivity index is 2.22. The van der Waals surface area contributed by atoms with Crippen molar-refractivity contribution in [3.05, 3.63) is 41.4 Å². The quantitative estimate of drug-likeness (QED) is 0.527. The summed E-state index contributed by atoms with van der Waals surface area (Å²) < 4.78 is 4.90. The number of esters is 1. The Morgan fingerprint density at radius 3 is 2.70 bits per heavy atom. The van der Waals surface area contributed by atoms with Gasteiger partial charge >= 0.3 is 5.97 Å². The molecule has 1 saturated heterocycles. The van der Waals surface area contributed by atoms with E-state index in [-0.39, 0.29) is 43.2 Å². The highest BCUT2D eigenvalue weighted by Gasteiger charge is 2.36. The van der Waals surface area contributed by atoms with Gasteiger partial charge in [0.05, 0.1) is 35.5 Å². The van der Waals surface area contributed by atoms with Gasteiger partial charge in [0.25, 0.3) is 0 Å². The maximum Gasteiger partial charge on any atom is 0.333 e. The summed E-state index contributed by atoms with van der Waals surface area (Å²) >= 11 is 1.22. The van der Waals surface area contributed by atoms with E-state index in [4.69, 9.17) is 10.00 Å². The molecule has 27 heavy (non-hydrogen) atoms. The van der Waals surface area contributed by atoms with Crippen molar-refractivity contribution in [2.75, 3.05) is 24.6 Å². The number of hydrogen-bond donors (Lipinski definition) is 0. The SMILES string of the molecule is CCOC(=O)C=C1S[C@H](C)C(=O)N1CC(=O)N(CCC#N)c1ccccc1. The predicted molar refractivity (Wildman–Crippen MR) is 103 cm³/mol. The van der Waals surface area contributed by atoms with Crippen molar-refractivity contribution in [2.24, 2.45) is 0 Å². The summed E-state index contributed by atoms with van der Waals surface area (Å²) in [4.78, 5) is 39.9. The normalized spacial score (nSPS) is 17.7. The number of amides is 2. The molecule has 0 spiro atoms. The van der Waals surface area contributed by atoms with Crippen LogP contribution in [0.1, 0.15) is 20.3 Å². The maximum atomic E-state index is 12.9. The molecular formula is C19H21N3O4S. The summed E-state index contributed by atoms with van der Waals surface area (Å²) in [5, 5.41) is 8.89. The Hall–Kier alpha value is -2.79. The number of nitrogens with zero attached hydrogens (tertiary/aromatic N) is 3. The van der Waals surface area contributed by atoms with Gasteiger partial charge in [0.15, 0.2) is 0 Å². The van der Waals surface area contributed by atoms with Gasteiger partial charge in [-0.2, -0.15) is 5.26 Å². The minimum Gasteiger partial charge on any atom is -0.463 e. The summed E-state index contributed by atoms with van der Waals surface area (Å²) in [5.41, 5.74) is 0.654. The highest BCUT2D eigenvalue weighted by atomic mass is 32.2. The van der Waals surface area contributed by atoms with E-state index >= 15 is 0 Å². The Bertz CT molecular complexity index is 773. The van der Waals surface area contributed by atoms with E-state index in [1.807, 2.05) is 12.1 Å². The monoisotopic (exact) mass is 387 g/mol. The summed E-state index contributed by atoms with van der Waals surface area (Å²) in [5.74, 6) is -1.12. The predicted octanol–water partition coefficient (Wildman–Crippen LogP) is 2.30. The Labute approximate surface area is 162 Å². The summed E-state index contributed by atoms with van der Waals surface area (Å²) in [6.45, 7) is 3.66. The van der Waals surface area contributed by atoms with Gasteiger partial charge in [0, 0.05) is 12.2 Å². The van der Waals surface area contributed by atoms with Crippen molar-refractivity contribution in [1.82, 2.24) is 4.90 Å². The first-order valence-electron chi connectivity index (χ1n) is 8.56. The lowest BCUT2D eigenvalue weighted by Crippen LogP contribution is -2.42. The molecule has 1 atom stereocenters. The standard InChI is InChI=1S/C19H21N3O4S/c1-3-26-18(24)12-17-22(19(25)14(2)27-17)13-16(23)21(11-7-10-20)15-8-5-4-6-9-15/h4-6,8-9,12,14H,3,7,11,13H2,1-2H3/t14-/m1/s1. The van der Waals surface area contributed by atoms with Crippen LogP contribution >= 0.6 is 11.8 Å². The number of carbonyl (C=O) groups is 3. The number of ether oxygens (including phenoxy) is 1. The molecule has 2 rings (SSSR count). The third-order valence-electron chi connectivity index (χ3n) is 3.81. The molecule has 0 aliphatic carbocycles. The molecule has 0 radical (unpaired) electrons. The molecule has 1 fully saturated rings. The zero-order valence-electron chi connectivity index (χ0n) is 15.3. The molecule has 7 nitrogen and oxygen atoms in total. The Morgan fingerprint density at radius 1 is 1.37 bits per heavy atom. The van der Waals surface area contributed by atoms with Crippen molar-refractivity contribution in [2.45, 2.75) is 25.5 Å². The number of para-hydroxylation sites is 1. The van der Waals surface area contributed by atoms with Crippen LogP contribution in [0.2, 0.25) is 0 Å². The minimum absolute atomic E-state index is 0.172. The topological polar surface area (TPSA) is 90.7 Å². The Kier molecular flexibility index (Phi) is 7.44. The summed E-state index contributed by atoms with van der Waals surface area (Å²) in [7, 11) is 0. The van der Waals surface area contributed by atoms with Crippen LogP contribution in [0.3, 0.4) is 0 Å². The van der Waals surface area contributed by atoms with Gasteiger partial charge in [-0.25, -0.2) is 4.79 Å². The number of anilines is 1. The maximum absolute atomic E-state index is 12.9. The average molecular weight is 387 g/mol. The molecular weight excluding hydrogens is 366 g/mol. The fraction of sp³-hybridized carbons (Fsp3) is 0.368. The number of benzene rings is 1. The number of carbonyl (C=O) groups excluding carboxylic acids is 3. The Morgan fingerprint density at radius 2 is 2.07 bits per heavy atom. The fourth-order valence-electron chi connectivity index (χ4n) is 2.56. The first-order valence-corrected chi connectivity index (χ1v) is 9.44. The second-order valence-corrected chi connectivity index (χ2v) is 7.07. The highest BCUT2D eigenvalue weighted by molar-refractivity contribution is 8.04. The van der Waals surface area contributed by atoms with Crippen LogP contribution in [0.5, 0.6) is 0 Å². The van der Waals surface area contributed by atoms with Crippen molar-refractivity contribution < 1.29 is 19.1 Å². The molecule has 0 N–H and O–H groups in total. The van der Waals surface area contributed by atoms with Crippen LogP contribution in [0.4, 0.5) is 5.69 Å². The van der Waals surface area contributed by atoms with Crippen molar-refractivity contribution in [3.63, 3.8) is 0 Å². The van der Waals surface area contributed by atoms with Crippen LogP contribution in [0.15, 0.2) is 41.4 Å². The number of hydrogen-bond acceptors (Lipinski definition) is 6. The second kappa shape index (κ2) is 9.78. The molecule has 1 aliphatic rings. The first kappa shape index (κ1) is 20.5. The van der Waals surface area contributed by atoms with E-state index in [2.05, 4.69) is 0 Å². The molecule has 2 amide bonds. The summed E-state index contributed by atoms with van der Waals surface area (Å²) in [6, 6.07) is 11.0. The van der Waals surface area contributed by atoms with Gasteiger partial charge < -0.3 is 9.64 Å². The smallest absolute Gasteiger partial charge is 0.333 e. The lowest BCUT2D eigenvalue weighted by atomic mass is 10.2. The molecule has 1 aliphatic heterocycles. The van der Waals surface area contributed by atoms with E-state index in [1.165, 1.54) is 27.6 Å².